The number of hydrogen-bond acceptors (Lipinski definition) is 3. The Morgan fingerprint density at radius 1 is 1.71 bits per heavy atom. The Balaban J connectivity index is 3.14. The molecule has 0 aliphatic heterocycles. The van der Waals surface area contributed by atoms with E-state index in [2.05, 4.69) is 0 Å². The first-order valence-corrected chi connectivity index (χ1v) is 5.18. The van der Waals surface area contributed by atoms with E-state index in [1.165, 1.54) is 0 Å². The lowest BCUT2D eigenvalue weighted by Crippen LogP contribution is -2.02. The van der Waals surface area contributed by atoms with E-state index in [0.717, 1.165) is 11.3 Å². The third-order valence-corrected chi connectivity index (χ3v) is 2.83. The van der Waals surface area contributed by atoms with E-state index in [0.29, 0.717) is 28.3 Å². The molecule has 1 aromatic heterocycles. The maximum Gasteiger partial charge on any atom is 0.346 e. The summed E-state index contributed by atoms with van der Waals surface area (Å²) in [5, 5.41) is 19.3. The maximum atomic E-state index is 10.8. The van der Waals surface area contributed by atoms with Crippen LogP contribution in [0.2, 0.25) is 0 Å². The van der Waals surface area contributed by atoms with Crippen LogP contribution in [0.1, 0.15) is 34.6 Å². The normalized spacial score (nSPS) is 10.1. The van der Waals surface area contributed by atoms with Gasteiger partial charge in [-0.05, 0) is 17.9 Å². The molecular formula is C10H11NO2S. The Bertz CT molecular complexity index is 387. The van der Waals surface area contributed by atoms with Crippen molar-refractivity contribution in [3.05, 3.63) is 21.4 Å². The topological polar surface area (TPSA) is 61.1 Å². The zero-order valence-corrected chi connectivity index (χ0v) is 8.89. The van der Waals surface area contributed by atoms with Crippen molar-refractivity contribution in [3.8, 4) is 6.07 Å². The van der Waals surface area contributed by atoms with Crippen molar-refractivity contribution >= 4 is 17.3 Å². The molecule has 0 aliphatic carbocycles. The largest absolute Gasteiger partial charge is 0.477 e. The third-order valence-electron chi connectivity index (χ3n) is 1.82. The van der Waals surface area contributed by atoms with Gasteiger partial charge >= 0.3 is 5.97 Å². The Kier molecular flexibility index (Phi) is 3.26. The van der Waals surface area contributed by atoms with Gasteiger partial charge in [0, 0.05) is 5.38 Å². The van der Waals surface area contributed by atoms with E-state index in [1.807, 2.05) is 19.9 Å². The average Bonchev–Trinajstić information content (AvgIpc) is 2.46. The molecule has 0 saturated carbocycles. The summed E-state index contributed by atoms with van der Waals surface area (Å²) in [5.41, 5.74) is 1.18. The molecule has 0 atom stereocenters. The Morgan fingerprint density at radius 2 is 2.36 bits per heavy atom. The molecule has 0 aromatic carbocycles. The molecule has 0 spiro atoms. The van der Waals surface area contributed by atoms with E-state index in [1.54, 1.807) is 5.38 Å². The average molecular weight is 209 g/mol. The summed E-state index contributed by atoms with van der Waals surface area (Å²) in [4.78, 5) is 11.1. The van der Waals surface area contributed by atoms with Crippen LogP contribution in [0.25, 0.3) is 0 Å². The van der Waals surface area contributed by atoms with Crippen molar-refractivity contribution in [3.63, 3.8) is 0 Å². The Morgan fingerprint density at radius 3 is 2.79 bits per heavy atom. The van der Waals surface area contributed by atoms with E-state index in [4.69, 9.17) is 10.4 Å². The quantitative estimate of drug-likeness (QED) is 0.832. The second-order valence-corrected chi connectivity index (χ2v) is 4.35. The van der Waals surface area contributed by atoms with Crippen LogP contribution >= 0.6 is 11.3 Å². The molecular weight excluding hydrogens is 198 g/mol. The molecule has 74 valence electrons. The number of rotatable bonds is 3. The molecule has 1 N–H and O–H groups in total. The lowest BCUT2D eigenvalue weighted by Gasteiger charge is -2.04. The standard InChI is InChI=1S/C10H11NO2S/c1-6(2)3-8-7(4-11)5-14-9(8)10(12)13/h5-6H,3H2,1-2H3,(H,12,13). The summed E-state index contributed by atoms with van der Waals surface area (Å²) in [6.07, 6.45) is 0.647. The van der Waals surface area contributed by atoms with Crippen LogP contribution in [0.3, 0.4) is 0 Å². The highest BCUT2D eigenvalue weighted by molar-refractivity contribution is 7.12. The van der Waals surface area contributed by atoms with Gasteiger partial charge in [-0.3, -0.25) is 0 Å². The summed E-state index contributed by atoms with van der Waals surface area (Å²) >= 11 is 1.13. The summed E-state index contributed by atoms with van der Waals surface area (Å²) in [5.74, 6) is -0.582. The number of nitrogens with zero attached hydrogens (tertiary/aromatic N) is 1. The molecule has 0 amide bonds. The third kappa shape index (κ3) is 2.12. The van der Waals surface area contributed by atoms with Gasteiger partial charge in [-0.15, -0.1) is 11.3 Å². The van der Waals surface area contributed by atoms with Gasteiger partial charge in [-0.2, -0.15) is 5.26 Å². The van der Waals surface area contributed by atoms with Crippen LogP contribution in [0.15, 0.2) is 5.38 Å². The lowest BCUT2D eigenvalue weighted by atomic mass is 10.0. The predicted octanol–water partition coefficient (Wildman–Crippen LogP) is 2.52. The summed E-state index contributed by atoms with van der Waals surface area (Å²) in [6, 6.07) is 2.02. The van der Waals surface area contributed by atoms with Crippen molar-refractivity contribution < 1.29 is 9.90 Å². The summed E-state index contributed by atoms with van der Waals surface area (Å²) < 4.78 is 0. The van der Waals surface area contributed by atoms with Crippen LogP contribution in [0.4, 0.5) is 0 Å². The number of carboxylic acids is 1. The number of thiophene rings is 1. The van der Waals surface area contributed by atoms with Gasteiger partial charge in [-0.25, -0.2) is 4.79 Å². The minimum atomic E-state index is -0.938. The van der Waals surface area contributed by atoms with Gasteiger partial charge in [0.25, 0.3) is 0 Å². The molecule has 1 aromatic rings. The fourth-order valence-electron chi connectivity index (χ4n) is 1.27. The number of nitriles is 1. The van der Waals surface area contributed by atoms with Gasteiger partial charge in [0.2, 0.25) is 0 Å². The van der Waals surface area contributed by atoms with Crippen molar-refractivity contribution in [2.75, 3.05) is 0 Å². The summed E-state index contributed by atoms with van der Waals surface area (Å²) in [6.45, 7) is 4.01. The molecule has 0 bridgehead atoms. The van der Waals surface area contributed by atoms with Gasteiger partial charge in [-0.1, -0.05) is 13.8 Å². The van der Waals surface area contributed by atoms with Gasteiger partial charge in [0.05, 0.1) is 5.56 Å². The molecule has 0 saturated heterocycles. The number of carbonyl (C=O) groups is 1. The Hall–Kier alpha value is -1.34. The lowest BCUT2D eigenvalue weighted by molar-refractivity contribution is 0.0701. The summed E-state index contributed by atoms with van der Waals surface area (Å²) in [7, 11) is 0. The number of carboxylic acid groups (broad SMARTS) is 1. The fraction of sp³-hybridized carbons (Fsp3) is 0.400. The number of aromatic carboxylic acids is 1. The highest BCUT2D eigenvalue weighted by Gasteiger charge is 2.17. The van der Waals surface area contributed by atoms with Crippen LogP contribution in [0, 0.1) is 17.2 Å². The predicted molar refractivity (Wildman–Crippen MR) is 54.5 cm³/mol. The van der Waals surface area contributed by atoms with Gasteiger partial charge in [0.1, 0.15) is 10.9 Å². The van der Waals surface area contributed by atoms with Crippen LogP contribution < -0.4 is 0 Å². The van der Waals surface area contributed by atoms with E-state index in [9.17, 15) is 4.79 Å². The first kappa shape index (κ1) is 10.7. The van der Waals surface area contributed by atoms with Crippen molar-refractivity contribution in [1.29, 1.82) is 5.26 Å². The molecule has 3 nitrogen and oxygen atoms in total. The van der Waals surface area contributed by atoms with Crippen molar-refractivity contribution in [1.82, 2.24) is 0 Å². The van der Waals surface area contributed by atoms with Crippen LogP contribution in [-0.2, 0) is 6.42 Å². The Labute approximate surface area is 86.6 Å². The fourth-order valence-corrected chi connectivity index (χ4v) is 2.13. The van der Waals surface area contributed by atoms with Gasteiger partial charge < -0.3 is 5.11 Å². The van der Waals surface area contributed by atoms with E-state index < -0.39 is 5.97 Å². The van der Waals surface area contributed by atoms with Gasteiger partial charge in [0.15, 0.2) is 0 Å². The van der Waals surface area contributed by atoms with Crippen molar-refractivity contribution in [2.45, 2.75) is 20.3 Å². The second kappa shape index (κ2) is 4.25. The monoisotopic (exact) mass is 209 g/mol. The molecule has 14 heavy (non-hydrogen) atoms. The number of hydrogen-bond donors (Lipinski definition) is 1. The highest BCUT2D eigenvalue weighted by Crippen LogP contribution is 2.24. The molecule has 1 heterocycles. The van der Waals surface area contributed by atoms with E-state index >= 15 is 0 Å². The van der Waals surface area contributed by atoms with E-state index in [-0.39, 0.29) is 0 Å². The van der Waals surface area contributed by atoms with Crippen LogP contribution in [-0.4, -0.2) is 11.1 Å². The molecule has 0 radical (unpaired) electrons. The molecule has 0 unspecified atom stereocenters. The maximum absolute atomic E-state index is 10.8. The molecule has 4 heteroatoms. The minimum Gasteiger partial charge on any atom is -0.477 e. The van der Waals surface area contributed by atoms with Crippen LogP contribution in [0.5, 0.6) is 0 Å². The molecule has 1 rings (SSSR count). The molecule has 0 fully saturated rings. The minimum absolute atomic E-state index is 0.301. The first-order valence-electron chi connectivity index (χ1n) is 4.30. The van der Waals surface area contributed by atoms with Crippen molar-refractivity contribution in [2.24, 2.45) is 5.92 Å². The highest BCUT2D eigenvalue weighted by atomic mass is 32.1. The SMILES string of the molecule is CC(C)Cc1c(C#N)csc1C(=O)O. The zero-order valence-electron chi connectivity index (χ0n) is 8.07. The zero-order chi connectivity index (χ0) is 10.7. The molecule has 0 aliphatic rings. The smallest absolute Gasteiger partial charge is 0.346 e. The first-order chi connectivity index (χ1) is 6.56. The second-order valence-electron chi connectivity index (χ2n) is 3.47.